The maximum absolute atomic E-state index is 4.87. The van der Waals surface area contributed by atoms with Gasteiger partial charge in [-0.1, -0.05) is 48.5 Å². The van der Waals surface area contributed by atoms with Crippen molar-refractivity contribution in [3.05, 3.63) is 130 Å². The average molecular weight is 447 g/mol. The SMILES string of the molecule is c1ccc2c(c1)Cc1cc3c(cc1-2)Cc1cc2c(cc1-3)Cc1cccc3c1N2c1ncccc1C3. The molecule has 0 atom stereocenters. The van der Waals surface area contributed by atoms with Gasteiger partial charge in [-0.25, -0.2) is 4.98 Å². The Morgan fingerprint density at radius 1 is 0.486 bits per heavy atom. The molecule has 4 aliphatic rings. The van der Waals surface area contributed by atoms with Crippen molar-refractivity contribution >= 4 is 17.2 Å². The summed E-state index contributed by atoms with van der Waals surface area (Å²) in [7, 11) is 0. The van der Waals surface area contributed by atoms with E-state index in [-0.39, 0.29) is 0 Å². The molecule has 0 fully saturated rings. The molecule has 2 aliphatic heterocycles. The van der Waals surface area contributed by atoms with Crippen molar-refractivity contribution in [1.29, 1.82) is 0 Å². The number of para-hydroxylation sites is 1. The van der Waals surface area contributed by atoms with Crippen LogP contribution >= 0.6 is 0 Å². The molecule has 3 heterocycles. The molecule has 0 bridgehead atoms. The zero-order chi connectivity index (χ0) is 22.7. The van der Waals surface area contributed by atoms with E-state index in [4.69, 9.17) is 4.98 Å². The predicted molar refractivity (Wildman–Crippen MR) is 141 cm³/mol. The molecule has 2 aliphatic carbocycles. The Kier molecular flexibility index (Phi) is 3.27. The number of anilines is 3. The first-order valence-corrected chi connectivity index (χ1v) is 12.6. The van der Waals surface area contributed by atoms with Crippen LogP contribution in [0.25, 0.3) is 22.3 Å². The fourth-order valence-electron chi connectivity index (χ4n) is 6.99. The Labute approximate surface area is 204 Å². The molecule has 0 unspecified atom stereocenters. The summed E-state index contributed by atoms with van der Waals surface area (Å²) in [5, 5.41) is 0. The van der Waals surface area contributed by atoms with Gasteiger partial charge >= 0.3 is 0 Å². The Morgan fingerprint density at radius 2 is 1.09 bits per heavy atom. The highest BCUT2D eigenvalue weighted by Gasteiger charge is 2.34. The van der Waals surface area contributed by atoms with E-state index in [1.54, 1.807) is 0 Å². The number of aromatic nitrogens is 1. The highest BCUT2D eigenvalue weighted by atomic mass is 15.2. The summed E-state index contributed by atoms with van der Waals surface area (Å²) in [5.74, 6) is 1.10. The van der Waals surface area contributed by atoms with Gasteiger partial charge in [-0.3, -0.25) is 4.90 Å². The number of pyridine rings is 1. The van der Waals surface area contributed by atoms with Gasteiger partial charge in [0.05, 0.1) is 11.4 Å². The summed E-state index contributed by atoms with van der Waals surface area (Å²) >= 11 is 0. The lowest BCUT2D eigenvalue weighted by molar-refractivity contribution is 0.980. The van der Waals surface area contributed by atoms with E-state index in [1.807, 2.05) is 6.20 Å². The molecule has 1 aromatic heterocycles. The van der Waals surface area contributed by atoms with Crippen LogP contribution in [-0.2, 0) is 25.7 Å². The summed E-state index contributed by atoms with van der Waals surface area (Å²) in [6.07, 6.45) is 5.93. The Balaban J connectivity index is 1.23. The summed E-state index contributed by atoms with van der Waals surface area (Å²) in [5.41, 5.74) is 19.8. The molecule has 4 aromatic carbocycles. The molecule has 5 aromatic rings. The van der Waals surface area contributed by atoms with Crippen LogP contribution in [0.15, 0.2) is 85.1 Å². The van der Waals surface area contributed by atoms with E-state index < -0.39 is 0 Å². The lowest BCUT2D eigenvalue weighted by Crippen LogP contribution is -2.25. The second-order valence-electron chi connectivity index (χ2n) is 10.4. The van der Waals surface area contributed by atoms with Crippen LogP contribution in [-0.4, -0.2) is 4.98 Å². The van der Waals surface area contributed by atoms with Crippen molar-refractivity contribution < 1.29 is 0 Å². The second-order valence-corrected chi connectivity index (χ2v) is 10.4. The summed E-state index contributed by atoms with van der Waals surface area (Å²) < 4.78 is 0. The molecule has 35 heavy (non-hydrogen) atoms. The number of hydrogen-bond donors (Lipinski definition) is 0. The lowest BCUT2D eigenvalue weighted by Gasteiger charge is -2.38. The van der Waals surface area contributed by atoms with Crippen LogP contribution < -0.4 is 4.90 Å². The van der Waals surface area contributed by atoms with Crippen LogP contribution in [0.1, 0.15) is 44.5 Å². The Hall–Kier alpha value is -4.17. The monoisotopic (exact) mass is 446 g/mol. The van der Waals surface area contributed by atoms with Gasteiger partial charge in [0.1, 0.15) is 5.82 Å². The molecule has 2 nitrogen and oxygen atoms in total. The number of hydrogen-bond acceptors (Lipinski definition) is 2. The van der Waals surface area contributed by atoms with E-state index in [0.29, 0.717) is 0 Å². The first kappa shape index (κ1) is 18.2. The smallest absolute Gasteiger partial charge is 0.141 e. The molecule has 0 saturated heterocycles. The first-order valence-electron chi connectivity index (χ1n) is 12.6. The lowest BCUT2D eigenvalue weighted by atomic mass is 9.86. The van der Waals surface area contributed by atoms with Crippen molar-refractivity contribution in [3.8, 4) is 22.3 Å². The third-order valence-corrected chi connectivity index (χ3v) is 8.50. The van der Waals surface area contributed by atoms with Crippen molar-refractivity contribution in [2.75, 3.05) is 4.90 Å². The van der Waals surface area contributed by atoms with Gasteiger partial charge in [0.25, 0.3) is 0 Å². The average Bonchev–Trinajstić information content (AvgIpc) is 3.43. The summed E-state index contributed by atoms with van der Waals surface area (Å²) in [4.78, 5) is 7.31. The summed E-state index contributed by atoms with van der Waals surface area (Å²) in [6.45, 7) is 0. The van der Waals surface area contributed by atoms with E-state index in [2.05, 4.69) is 83.8 Å². The highest BCUT2D eigenvalue weighted by molar-refractivity contribution is 5.92. The van der Waals surface area contributed by atoms with Crippen molar-refractivity contribution in [2.24, 2.45) is 0 Å². The van der Waals surface area contributed by atoms with Gasteiger partial charge < -0.3 is 0 Å². The Morgan fingerprint density at radius 3 is 1.94 bits per heavy atom. The highest BCUT2D eigenvalue weighted by Crippen LogP contribution is 2.52. The molecule has 164 valence electrons. The molecule has 0 spiro atoms. The van der Waals surface area contributed by atoms with E-state index in [1.165, 1.54) is 78.1 Å². The first-order chi connectivity index (χ1) is 17.3. The molecule has 2 heteroatoms. The minimum absolute atomic E-state index is 0.960. The Bertz CT molecular complexity index is 1760. The van der Waals surface area contributed by atoms with Crippen LogP contribution in [0.4, 0.5) is 17.2 Å². The van der Waals surface area contributed by atoms with Crippen molar-refractivity contribution in [2.45, 2.75) is 25.7 Å². The van der Waals surface area contributed by atoms with Crippen molar-refractivity contribution in [1.82, 2.24) is 4.98 Å². The molecule has 0 saturated carbocycles. The molecular formula is C33H22N2. The molecule has 0 radical (unpaired) electrons. The predicted octanol–water partition coefficient (Wildman–Crippen LogP) is 7.50. The zero-order valence-corrected chi connectivity index (χ0v) is 19.3. The minimum Gasteiger partial charge on any atom is -0.294 e. The standard InChI is InChI=1S/C33H22N2/c1-2-9-27-19(5-1)11-23-16-29-24(15-28(23)27)14-25-18-31-26(17-30(25)29)13-21-7-3-6-20-12-22-8-4-10-34-33(22)35(31)32(20)21/h1-10,15-18H,11-14H2. The largest absolute Gasteiger partial charge is 0.294 e. The topological polar surface area (TPSA) is 16.1 Å². The van der Waals surface area contributed by atoms with Crippen molar-refractivity contribution in [3.63, 3.8) is 0 Å². The van der Waals surface area contributed by atoms with E-state index in [9.17, 15) is 0 Å². The van der Waals surface area contributed by atoms with Gasteiger partial charge in [0, 0.05) is 19.0 Å². The minimum atomic E-state index is 0.960. The van der Waals surface area contributed by atoms with Crippen LogP contribution in [0.2, 0.25) is 0 Å². The van der Waals surface area contributed by atoms with Gasteiger partial charge in [-0.05, 0) is 110 Å². The quantitative estimate of drug-likeness (QED) is 0.240. The number of benzene rings is 4. The fourth-order valence-corrected chi connectivity index (χ4v) is 6.99. The van der Waals surface area contributed by atoms with Gasteiger partial charge in [-0.15, -0.1) is 0 Å². The maximum Gasteiger partial charge on any atom is 0.141 e. The maximum atomic E-state index is 4.87. The van der Waals surface area contributed by atoms with Gasteiger partial charge in [-0.2, -0.15) is 0 Å². The van der Waals surface area contributed by atoms with E-state index in [0.717, 1.165) is 31.5 Å². The van der Waals surface area contributed by atoms with Crippen LogP contribution in [0.5, 0.6) is 0 Å². The number of fused-ring (bicyclic) bond motifs is 10. The van der Waals surface area contributed by atoms with E-state index >= 15 is 0 Å². The molecule has 0 N–H and O–H groups in total. The normalized spacial score (nSPS) is 14.9. The molecule has 0 amide bonds. The van der Waals surface area contributed by atoms with Gasteiger partial charge in [0.15, 0.2) is 0 Å². The second kappa shape index (κ2) is 6.28. The molecule has 9 rings (SSSR count). The zero-order valence-electron chi connectivity index (χ0n) is 19.3. The van der Waals surface area contributed by atoms with Crippen LogP contribution in [0, 0.1) is 0 Å². The number of rotatable bonds is 0. The summed E-state index contributed by atoms with van der Waals surface area (Å²) in [6, 6.07) is 29.9. The third kappa shape index (κ3) is 2.32. The third-order valence-electron chi connectivity index (χ3n) is 8.50. The molecular weight excluding hydrogens is 424 g/mol. The number of nitrogens with zero attached hydrogens (tertiary/aromatic N) is 2. The fraction of sp³-hybridized carbons (Fsp3) is 0.121. The van der Waals surface area contributed by atoms with Gasteiger partial charge in [0.2, 0.25) is 0 Å². The van der Waals surface area contributed by atoms with Crippen LogP contribution in [0.3, 0.4) is 0 Å².